The summed E-state index contributed by atoms with van der Waals surface area (Å²) in [4.78, 5) is 0. The van der Waals surface area contributed by atoms with E-state index in [0.29, 0.717) is 17.4 Å². The summed E-state index contributed by atoms with van der Waals surface area (Å²) in [5.74, 6) is 1.05. The lowest BCUT2D eigenvalue weighted by Crippen LogP contribution is -2.14. The Kier molecular flexibility index (Phi) is 7.35. The predicted molar refractivity (Wildman–Crippen MR) is 115 cm³/mol. The van der Waals surface area contributed by atoms with Crippen LogP contribution in [0.1, 0.15) is 85.3 Å². The summed E-state index contributed by atoms with van der Waals surface area (Å²) in [5.41, 5.74) is 5.97. The maximum absolute atomic E-state index is 10.9. The molecule has 0 radical (unpaired) electrons. The second-order valence-corrected chi connectivity index (χ2v) is 8.34. The van der Waals surface area contributed by atoms with Crippen molar-refractivity contribution in [3.63, 3.8) is 0 Å². The molecule has 0 bridgehead atoms. The van der Waals surface area contributed by atoms with E-state index in [0.717, 1.165) is 39.8 Å². The summed E-state index contributed by atoms with van der Waals surface area (Å²) >= 11 is 0. The highest BCUT2D eigenvalue weighted by atomic mass is 16.3. The zero-order chi connectivity index (χ0) is 20.1. The van der Waals surface area contributed by atoms with Gasteiger partial charge in [0.15, 0.2) is 0 Å². The van der Waals surface area contributed by atoms with E-state index in [-0.39, 0.29) is 5.92 Å². The first-order valence-electron chi connectivity index (χ1n) is 10.4. The van der Waals surface area contributed by atoms with Crippen LogP contribution in [-0.4, -0.2) is 10.2 Å². The molecule has 2 aromatic rings. The molecule has 1 unspecified atom stereocenters. The number of phenolic OH excluding ortho intramolecular Hbond substituents is 2. The fraction of sp³-hybridized carbons (Fsp3) is 0.520. The molecule has 0 aliphatic rings. The van der Waals surface area contributed by atoms with Crippen molar-refractivity contribution >= 4 is 0 Å². The molecule has 0 aliphatic heterocycles. The van der Waals surface area contributed by atoms with Gasteiger partial charge in [0.2, 0.25) is 0 Å². The summed E-state index contributed by atoms with van der Waals surface area (Å²) in [7, 11) is 0. The number of benzene rings is 2. The highest BCUT2D eigenvalue weighted by Gasteiger charge is 2.28. The van der Waals surface area contributed by atoms with Crippen LogP contribution in [0.25, 0.3) is 0 Å². The Labute approximate surface area is 165 Å². The van der Waals surface area contributed by atoms with Gasteiger partial charge in [-0.25, -0.2) is 0 Å². The minimum Gasteiger partial charge on any atom is -0.507 e. The van der Waals surface area contributed by atoms with Gasteiger partial charge in [-0.1, -0.05) is 74.9 Å². The number of hydrogen-bond acceptors (Lipinski definition) is 2. The molecule has 0 fully saturated rings. The smallest absolute Gasteiger partial charge is 0.122 e. The molecule has 0 spiro atoms. The third-order valence-corrected chi connectivity index (χ3v) is 5.70. The fourth-order valence-electron chi connectivity index (χ4n) is 4.30. The highest BCUT2D eigenvalue weighted by molar-refractivity contribution is 5.53. The normalized spacial score (nSPS) is 12.6. The second-order valence-electron chi connectivity index (χ2n) is 8.34. The maximum Gasteiger partial charge on any atom is 0.122 e. The van der Waals surface area contributed by atoms with Crippen LogP contribution in [0.2, 0.25) is 0 Å². The molecule has 0 amide bonds. The Balaban J connectivity index is 2.53. The van der Waals surface area contributed by atoms with E-state index in [1.807, 2.05) is 26.0 Å². The topological polar surface area (TPSA) is 40.5 Å². The minimum atomic E-state index is -0.0103. The Morgan fingerprint density at radius 1 is 0.741 bits per heavy atom. The zero-order valence-electron chi connectivity index (χ0n) is 17.9. The van der Waals surface area contributed by atoms with Gasteiger partial charge in [0, 0.05) is 17.0 Å². The van der Waals surface area contributed by atoms with Crippen LogP contribution in [0.15, 0.2) is 24.3 Å². The van der Waals surface area contributed by atoms with Gasteiger partial charge in [-0.2, -0.15) is 0 Å². The van der Waals surface area contributed by atoms with Crippen molar-refractivity contribution in [3.8, 4) is 11.5 Å². The SMILES string of the molecule is CCCCCCC(C)C(c1cc(C)cc(C)c1O)c1cc(C)cc(C)c1O. The second kappa shape index (κ2) is 9.30. The molecule has 2 heteroatoms. The molecule has 2 N–H and O–H groups in total. The van der Waals surface area contributed by atoms with Crippen LogP contribution in [0.4, 0.5) is 0 Å². The quantitative estimate of drug-likeness (QED) is 0.489. The van der Waals surface area contributed by atoms with Crippen molar-refractivity contribution in [2.75, 3.05) is 0 Å². The Morgan fingerprint density at radius 2 is 1.22 bits per heavy atom. The average molecular weight is 369 g/mol. The molecule has 2 nitrogen and oxygen atoms in total. The molecule has 0 saturated heterocycles. The molecule has 2 aromatic carbocycles. The number of unbranched alkanes of at least 4 members (excludes halogenated alkanes) is 3. The number of phenols is 2. The summed E-state index contributed by atoms with van der Waals surface area (Å²) in [6.45, 7) is 12.5. The van der Waals surface area contributed by atoms with Crippen molar-refractivity contribution in [1.29, 1.82) is 0 Å². The zero-order valence-corrected chi connectivity index (χ0v) is 17.9. The van der Waals surface area contributed by atoms with Crippen LogP contribution in [0, 0.1) is 33.6 Å². The van der Waals surface area contributed by atoms with Crippen molar-refractivity contribution in [2.24, 2.45) is 5.92 Å². The van der Waals surface area contributed by atoms with Gasteiger partial charge in [0.25, 0.3) is 0 Å². The largest absolute Gasteiger partial charge is 0.507 e. The van der Waals surface area contributed by atoms with Crippen molar-refractivity contribution in [1.82, 2.24) is 0 Å². The third-order valence-electron chi connectivity index (χ3n) is 5.70. The van der Waals surface area contributed by atoms with Crippen LogP contribution >= 0.6 is 0 Å². The van der Waals surface area contributed by atoms with E-state index in [2.05, 4.69) is 39.8 Å². The summed E-state index contributed by atoms with van der Waals surface area (Å²) < 4.78 is 0. The van der Waals surface area contributed by atoms with Crippen LogP contribution in [-0.2, 0) is 0 Å². The average Bonchev–Trinajstić information content (AvgIpc) is 2.60. The maximum atomic E-state index is 10.9. The molecule has 0 heterocycles. The predicted octanol–water partition coefficient (Wildman–Crippen LogP) is 7.07. The van der Waals surface area contributed by atoms with Gasteiger partial charge in [-0.3, -0.25) is 0 Å². The van der Waals surface area contributed by atoms with Crippen LogP contribution < -0.4 is 0 Å². The molecule has 0 aliphatic carbocycles. The highest BCUT2D eigenvalue weighted by Crippen LogP contribution is 2.44. The van der Waals surface area contributed by atoms with E-state index in [4.69, 9.17) is 0 Å². The standard InChI is InChI=1S/C25H36O2/c1-7-8-9-10-11-18(4)23(21-14-16(2)12-19(5)24(21)26)22-15-17(3)13-20(6)25(22)27/h12-15,18,23,26-27H,7-11H2,1-6H3. The number of aryl methyl sites for hydroxylation is 4. The van der Waals surface area contributed by atoms with E-state index < -0.39 is 0 Å². The van der Waals surface area contributed by atoms with Gasteiger partial charge < -0.3 is 10.2 Å². The first-order chi connectivity index (χ1) is 12.8. The molecule has 1 atom stereocenters. The molecule has 148 valence electrons. The first kappa shape index (κ1) is 21.3. The number of rotatable bonds is 8. The molecule has 27 heavy (non-hydrogen) atoms. The van der Waals surface area contributed by atoms with E-state index in [1.54, 1.807) is 0 Å². The summed E-state index contributed by atoms with van der Waals surface area (Å²) in [6.07, 6.45) is 6.01. The summed E-state index contributed by atoms with van der Waals surface area (Å²) in [5, 5.41) is 21.7. The number of aromatic hydroxyl groups is 2. The van der Waals surface area contributed by atoms with Gasteiger partial charge in [0.1, 0.15) is 11.5 Å². The monoisotopic (exact) mass is 368 g/mol. The Morgan fingerprint density at radius 3 is 1.67 bits per heavy atom. The molecular formula is C25H36O2. The first-order valence-corrected chi connectivity index (χ1v) is 10.4. The lowest BCUT2D eigenvalue weighted by Gasteiger charge is -2.28. The van der Waals surface area contributed by atoms with Crippen molar-refractivity contribution < 1.29 is 10.2 Å². The van der Waals surface area contributed by atoms with Crippen LogP contribution in [0.5, 0.6) is 11.5 Å². The van der Waals surface area contributed by atoms with E-state index in [1.165, 1.54) is 25.7 Å². The Hall–Kier alpha value is -1.96. The van der Waals surface area contributed by atoms with Gasteiger partial charge in [0.05, 0.1) is 0 Å². The number of hydrogen-bond donors (Lipinski definition) is 2. The van der Waals surface area contributed by atoms with Crippen molar-refractivity contribution in [2.45, 2.75) is 79.6 Å². The lowest BCUT2D eigenvalue weighted by atomic mass is 9.77. The van der Waals surface area contributed by atoms with Crippen molar-refractivity contribution in [3.05, 3.63) is 57.6 Å². The van der Waals surface area contributed by atoms with E-state index in [9.17, 15) is 10.2 Å². The molecule has 0 aromatic heterocycles. The van der Waals surface area contributed by atoms with Gasteiger partial charge in [-0.15, -0.1) is 0 Å². The lowest BCUT2D eigenvalue weighted by molar-refractivity contribution is 0.401. The fourth-order valence-corrected chi connectivity index (χ4v) is 4.30. The van der Waals surface area contributed by atoms with Crippen LogP contribution in [0.3, 0.4) is 0 Å². The summed E-state index contributed by atoms with van der Waals surface area (Å²) in [6, 6.07) is 8.21. The molecule has 2 rings (SSSR count). The molecular weight excluding hydrogens is 332 g/mol. The van der Waals surface area contributed by atoms with Gasteiger partial charge in [-0.05, 0) is 51.2 Å². The minimum absolute atomic E-state index is 0.0103. The Bertz CT molecular complexity index is 719. The van der Waals surface area contributed by atoms with E-state index >= 15 is 0 Å². The third kappa shape index (κ3) is 5.06. The van der Waals surface area contributed by atoms with Gasteiger partial charge >= 0.3 is 0 Å². The molecule has 0 saturated carbocycles.